The van der Waals surface area contributed by atoms with Gasteiger partial charge in [0.25, 0.3) is 0 Å². The van der Waals surface area contributed by atoms with Crippen molar-refractivity contribution in [2.75, 3.05) is 13.6 Å². The first kappa shape index (κ1) is 14.1. The minimum Gasteiger partial charge on any atom is -0.486 e. The van der Waals surface area contributed by atoms with Crippen LogP contribution in [-0.4, -0.2) is 13.6 Å². The van der Waals surface area contributed by atoms with Crippen molar-refractivity contribution < 1.29 is 4.74 Å². The number of thiophene rings is 1. The predicted molar refractivity (Wildman–Crippen MR) is 90.2 cm³/mol. The summed E-state index contributed by atoms with van der Waals surface area (Å²) in [6, 6.07) is 18.9. The molecule has 0 aliphatic rings. The zero-order chi connectivity index (χ0) is 14.5. The average Bonchev–Trinajstić information content (AvgIpc) is 3.00. The van der Waals surface area contributed by atoms with Crippen molar-refractivity contribution in [2.24, 2.45) is 0 Å². The molecule has 0 unspecified atom stereocenters. The molecule has 0 aliphatic carbocycles. The molecule has 1 aromatic heterocycles. The molecule has 3 rings (SSSR count). The highest BCUT2D eigenvalue weighted by atomic mass is 32.1. The summed E-state index contributed by atoms with van der Waals surface area (Å²) < 4.78 is 7.54. The Kier molecular flexibility index (Phi) is 4.53. The van der Waals surface area contributed by atoms with Gasteiger partial charge in [-0.1, -0.05) is 30.3 Å². The van der Waals surface area contributed by atoms with Gasteiger partial charge in [-0.2, -0.15) is 0 Å². The first-order valence-corrected chi connectivity index (χ1v) is 8.08. The van der Waals surface area contributed by atoms with Crippen LogP contribution in [0.2, 0.25) is 0 Å². The summed E-state index contributed by atoms with van der Waals surface area (Å²) in [5.41, 5.74) is 1.22. The summed E-state index contributed by atoms with van der Waals surface area (Å²) in [5, 5.41) is 6.56. The fourth-order valence-corrected chi connectivity index (χ4v) is 3.19. The van der Waals surface area contributed by atoms with Crippen molar-refractivity contribution in [3.05, 3.63) is 65.5 Å². The van der Waals surface area contributed by atoms with E-state index in [1.54, 1.807) is 11.3 Å². The van der Waals surface area contributed by atoms with Gasteiger partial charge in [0.15, 0.2) is 0 Å². The maximum atomic E-state index is 6.24. The van der Waals surface area contributed by atoms with Gasteiger partial charge in [-0.15, -0.1) is 11.3 Å². The molecule has 2 aromatic carbocycles. The lowest BCUT2D eigenvalue weighted by molar-refractivity contribution is 0.195. The molecule has 1 heterocycles. The molecule has 2 nitrogen and oxygen atoms in total. The molecule has 0 amide bonds. The Balaban J connectivity index is 1.82. The summed E-state index contributed by atoms with van der Waals surface area (Å²) in [4.78, 5) is 0. The summed E-state index contributed by atoms with van der Waals surface area (Å²) >= 11 is 1.76. The number of hydrogen-bond acceptors (Lipinski definition) is 3. The Morgan fingerprint density at radius 3 is 2.76 bits per heavy atom. The van der Waals surface area contributed by atoms with Crippen LogP contribution in [0.4, 0.5) is 0 Å². The lowest BCUT2D eigenvalue weighted by Gasteiger charge is -2.19. The van der Waals surface area contributed by atoms with Crippen molar-refractivity contribution in [3.8, 4) is 5.75 Å². The molecule has 0 saturated heterocycles. The van der Waals surface area contributed by atoms with E-state index in [-0.39, 0.29) is 6.10 Å². The molecule has 0 saturated carbocycles. The van der Waals surface area contributed by atoms with Gasteiger partial charge in [0.1, 0.15) is 11.9 Å². The Labute approximate surface area is 129 Å². The Bertz CT molecular complexity index is 693. The SMILES string of the molecule is CNCC[C@@H](Oc1ccc2sccc2c1)c1ccccc1. The lowest BCUT2D eigenvalue weighted by atomic mass is 10.1. The molecule has 3 aromatic rings. The van der Waals surface area contributed by atoms with Crippen LogP contribution in [0, 0.1) is 0 Å². The van der Waals surface area contributed by atoms with Gasteiger partial charge in [-0.3, -0.25) is 0 Å². The van der Waals surface area contributed by atoms with Crippen LogP contribution in [0.15, 0.2) is 60.0 Å². The summed E-state index contributed by atoms with van der Waals surface area (Å²) in [6.07, 6.45) is 1.03. The van der Waals surface area contributed by atoms with E-state index < -0.39 is 0 Å². The number of nitrogens with one attached hydrogen (secondary N) is 1. The first-order chi connectivity index (χ1) is 10.4. The lowest BCUT2D eigenvalue weighted by Crippen LogP contribution is -2.16. The number of benzene rings is 2. The fourth-order valence-electron chi connectivity index (χ4n) is 2.42. The van der Waals surface area contributed by atoms with E-state index in [0.29, 0.717) is 0 Å². The van der Waals surface area contributed by atoms with Gasteiger partial charge in [0, 0.05) is 11.1 Å². The third-order valence-electron chi connectivity index (χ3n) is 3.53. The van der Waals surface area contributed by atoms with Crippen LogP contribution in [0.3, 0.4) is 0 Å². The third kappa shape index (κ3) is 3.43. The minimum atomic E-state index is 0.0785. The van der Waals surface area contributed by atoms with Crippen molar-refractivity contribution in [3.63, 3.8) is 0 Å². The summed E-state index contributed by atoms with van der Waals surface area (Å²) in [7, 11) is 1.97. The van der Waals surface area contributed by atoms with E-state index in [1.807, 2.05) is 13.1 Å². The topological polar surface area (TPSA) is 21.3 Å². The van der Waals surface area contributed by atoms with Gasteiger partial charge in [0.2, 0.25) is 0 Å². The Morgan fingerprint density at radius 1 is 1.10 bits per heavy atom. The number of rotatable bonds is 6. The predicted octanol–water partition coefficient (Wildman–Crippen LogP) is 4.63. The van der Waals surface area contributed by atoms with Crippen molar-refractivity contribution in [1.29, 1.82) is 0 Å². The summed E-state index contributed by atoms with van der Waals surface area (Å²) in [5.74, 6) is 0.936. The molecular formula is C18H19NOS. The first-order valence-electron chi connectivity index (χ1n) is 7.20. The smallest absolute Gasteiger partial charge is 0.125 e. The maximum absolute atomic E-state index is 6.24. The normalized spacial score (nSPS) is 12.4. The van der Waals surface area contributed by atoms with Gasteiger partial charge in [0.05, 0.1) is 0 Å². The molecule has 108 valence electrons. The van der Waals surface area contributed by atoms with Crippen LogP contribution < -0.4 is 10.1 Å². The van der Waals surface area contributed by atoms with E-state index in [4.69, 9.17) is 4.74 Å². The van der Waals surface area contributed by atoms with Gasteiger partial charge in [-0.25, -0.2) is 0 Å². The fraction of sp³-hybridized carbons (Fsp3) is 0.222. The highest BCUT2D eigenvalue weighted by molar-refractivity contribution is 7.17. The molecular weight excluding hydrogens is 278 g/mol. The molecule has 0 radical (unpaired) electrons. The van der Waals surface area contributed by atoms with Crippen LogP contribution in [-0.2, 0) is 0 Å². The van der Waals surface area contributed by atoms with Crippen LogP contribution >= 0.6 is 11.3 Å². The monoisotopic (exact) mass is 297 g/mol. The minimum absolute atomic E-state index is 0.0785. The van der Waals surface area contributed by atoms with E-state index in [0.717, 1.165) is 18.7 Å². The van der Waals surface area contributed by atoms with Gasteiger partial charge >= 0.3 is 0 Å². The zero-order valence-electron chi connectivity index (χ0n) is 12.1. The molecule has 3 heteroatoms. The molecule has 0 fully saturated rings. The van der Waals surface area contributed by atoms with Crippen LogP contribution in [0.5, 0.6) is 5.75 Å². The summed E-state index contributed by atoms with van der Waals surface area (Å²) in [6.45, 7) is 0.931. The number of ether oxygens (including phenoxy) is 1. The molecule has 0 bridgehead atoms. The molecule has 0 spiro atoms. The van der Waals surface area contributed by atoms with E-state index in [9.17, 15) is 0 Å². The Hall–Kier alpha value is -1.84. The maximum Gasteiger partial charge on any atom is 0.125 e. The zero-order valence-corrected chi connectivity index (χ0v) is 12.9. The van der Waals surface area contributed by atoms with E-state index >= 15 is 0 Å². The quantitative estimate of drug-likeness (QED) is 0.716. The molecule has 1 N–H and O–H groups in total. The molecule has 0 aliphatic heterocycles. The third-order valence-corrected chi connectivity index (χ3v) is 4.43. The number of fused-ring (bicyclic) bond motifs is 1. The van der Waals surface area contributed by atoms with Crippen LogP contribution in [0.1, 0.15) is 18.1 Å². The highest BCUT2D eigenvalue weighted by Gasteiger charge is 2.13. The van der Waals surface area contributed by atoms with Gasteiger partial charge in [-0.05, 0) is 54.2 Å². The molecule has 21 heavy (non-hydrogen) atoms. The van der Waals surface area contributed by atoms with Gasteiger partial charge < -0.3 is 10.1 Å². The average molecular weight is 297 g/mol. The number of hydrogen-bond donors (Lipinski definition) is 1. The van der Waals surface area contributed by atoms with Crippen molar-refractivity contribution >= 4 is 21.4 Å². The second kappa shape index (κ2) is 6.74. The van der Waals surface area contributed by atoms with E-state index in [2.05, 4.69) is 59.2 Å². The Morgan fingerprint density at radius 2 is 1.95 bits per heavy atom. The largest absolute Gasteiger partial charge is 0.486 e. The van der Waals surface area contributed by atoms with Crippen LogP contribution in [0.25, 0.3) is 10.1 Å². The molecule has 1 atom stereocenters. The van der Waals surface area contributed by atoms with Crippen molar-refractivity contribution in [1.82, 2.24) is 5.32 Å². The van der Waals surface area contributed by atoms with Crippen molar-refractivity contribution in [2.45, 2.75) is 12.5 Å². The van der Waals surface area contributed by atoms with E-state index in [1.165, 1.54) is 15.6 Å². The highest BCUT2D eigenvalue weighted by Crippen LogP contribution is 2.29. The second-order valence-corrected chi connectivity index (χ2v) is 5.98. The second-order valence-electron chi connectivity index (χ2n) is 5.03. The standard InChI is InChI=1S/C18H19NOS/c1-19-11-9-17(14-5-3-2-4-6-14)20-16-7-8-18-15(13-16)10-12-21-18/h2-8,10,12-13,17,19H,9,11H2,1H3/t17-/m1/s1.